The number of aromatic nitrogens is 1. The minimum absolute atomic E-state index is 0.00159. The molecule has 5 nitrogen and oxygen atoms in total. The van der Waals surface area contributed by atoms with E-state index in [4.69, 9.17) is 0 Å². The molecule has 0 bridgehead atoms. The minimum atomic E-state index is -1.09. The molecule has 1 aromatic heterocycles. The molecule has 1 saturated heterocycles. The Morgan fingerprint density at radius 2 is 1.87 bits per heavy atom. The number of rotatable bonds is 5. The molecule has 2 aromatic carbocycles. The van der Waals surface area contributed by atoms with Gasteiger partial charge in [0.2, 0.25) is 11.8 Å². The van der Waals surface area contributed by atoms with Gasteiger partial charge in [-0.3, -0.25) is 9.59 Å². The van der Waals surface area contributed by atoms with Crippen LogP contribution >= 0.6 is 0 Å². The van der Waals surface area contributed by atoms with Crippen LogP contribution in [0.25, 0.3) is 22.2 Å². The number of fused-ring (bicyclic) bond motifs is 1. The summed E-state index contributed by atoms with van der Waals surface area (Å²) in [5, 5.41) is 5.44. The molecule has 1 fully saturated rings. The molecule has 9 heteroatoms. The van der Waals surface area contributed by atoms with E-state index in [1.54, 1.807) is 0 Å². The van der Waals surface area contributed by atoms with Gasteiger partial charge in [0.25, 0.3) is 0 Å². The Labute approximate surface area is 168 Å². The summed E-state index contributed by atoms with van der Waals surface area (Å²) in [6, 6.07) is 4.41. The van der Waals surface area contributed by atoms with E-state index in [-0.39, 0.29) is 40.9 Å². The monoisotopic (exact) mass is 419 g/mol. The Kier molecular flexibility index (Phi) is 5.19. The van der Waals surface area contributed by atoms with Crippen LogP contribution in [0.4, 0.5) is 17.6 Å². The third-order valence-electron chi connectivity index (χ3n) is 5.13. The molecular formula is C21H17F4N3O2. The van der Waals surface area contributed by atoms with Crippen LogP contribution in [0.2, 0.25) is 0 Å². The number of halogens is 4. The second kappa shape index (κ2) is 7.81. The largest absolute Gasteiger partial charge is 0.354 e. The summed E-state index contributed by atoms with van der Waals surface area (Å²) < 4.78 is 55.2. The van der Waals surface area contributed by atoms with Gasteiger partial charge in [0.05, 0.1) is 5.52 Å². The predicted octanol–water partition coefficient (Wildman–Crippen LogP) is 3.33. The summed E-state index contributed by atoms with van der Waals surface area (Å²) in [6.45, 7) is 0.477. The van der Waals surface area contributed by atoms with Gasteiger partial charge in [0.15, 0.2) is 11.6 Å². The van der Waals surface area contributed by atoms with E-state index in [0.29, 0.717) is 24.6 Å². The lowest BCUT2D eigenvalue weighted by molar-refractivity contribution is -0.127. The van der Waals surface area contributed by atoms with E-state index in [9.17, 15) is 27.2 Å². The van der Waals surface area contributed by atoms with Crippen molar-refractivity contribution in [3.05, 3.63) is 59.2 Å². The average Bonchev–Trinajstić information content (AvgIpc) is 3.26. The van der Waals surface area contributed by atoms with E-state index in [1.807, 2.05) is 0 Å². The Balaban J connectivity index is 1.68. The maximum absolute atomic E-state index is 14.3. The van der Waals surface area contributed by atoms with Gasteiger partial charge in [0, 0.05) is 35.7 Å². The molecule has 2 amide bonds. The summed E-state index contributed by atoms with van der Waals surface area (Å²) in [6.07, 6.45) is 0.483. The SMILES string of the molecule is O=C(CCc1c(-c2ccc(F)c(F)c2)[nH]c2c(F)cc(F)cc12)N[C@H]1CCNC1=O. The van der Waals surface area contributed by atoms with Crippen LogP contribution in [0.1, 0.15) is 18.4 Å². The van der Waals surface area contributed by atoms with Gasteiger partial charge in [-0.2, -0.15) is 0 Å². The predicted molar refractivity (Wildman–Crippen MR) is 101 cm³/mol. The lowest BCUT2D eigenvalue weighted by Crippen LogP contribution is -2.40. The molecule has 0 unspecified atom stereocenters. The van der Waals surface area contributed by atoms with Crippen molar-refractivity contribution in [3.63, 3.8) is 0 Å². The first-order chi connectivity index (χ1) is 14.3. The molecular weight excluding hydrogens is 402 g/mol. The van der Waals surface area contributed by atoms with Crippen molar-refractivity contribution < 1.29 is 27.2 Å². The van der Waals surface area contributed by atoms with Crippen molar-refractivity contribution in [2.75, 3.05) is 6.54 Å². The summed E-state index contributed by atoms with van der Waals surface area (Å²) in [5.74, 6) is -4.44. The Morgan fingerprint density at radius 3 is 2.57 bits per heavy atom. The zero-order valence-electron chi connectivity index (χ0n) is 15.6. The molecule has 4 rings (SSSR count). The number of hydrogen-bond acceptors (Lipinski definition) is 2. The van der Waals surface area contributed by atoms with Gasteiger partial charge >= 0.3 is 0 Å². The molecule has 1 aliphatic heterocycles. The smallest absolute Gasteiger partial charge is 0.242 e. The van der Waals surface area contributed by atoms with E-state index >= 15 is 0 Å². The highest BCUT2D eigenvalue weighted by Crippen LogP contribution is 2.33. The number of carbonyl (C=O) groups is 2. The first-order valence-corrected chi connectivity index (χ1v) is 9.35. The number of hydrogen-bond donors (Lipinski definition) is 3. The second-order valence-corrected chi connectivity index (χ2v) is 7.12. The molecule has 1 aliphatic rings. The number of benzene rings is 2. The van der Waals surface area contributed by atoms with Crippen LogP contribution in [0.15, 0.2) is 30.3 Å². The number of nitrogens with one attached hydrogen (secondary N) is 3. The molecule has 156 valence electrons. The fourth-order valence-electron chi connectivity index (χ4n) is 3.67. The molecule has 0 aliphatic carbocycles. The number of H-pyrrole nitrogens is 1. The fraction of sp³-hybridized carbons (Fsp3) is 0.238. The molecule has 2 heterocycles. The van der Waals surface area contributed by atoms with Gasteiger partial charge in [-0.1, -0.05) is 0 Å². The van der Waals surface area contributed by atoms with Crippen LogP contribution in [-0.2, 0) is 16.0 Å². The van der Waals surface area contributed by atoms with Crippen LogP contribution in [0, 0.1) is 23.3 Å². The van der Waals surface area contributed by atoms with Gasteiger partial charge in [0.1, 0.15) is 17.7 Å². The van der Waals surface area contributed by atoms with E-state index in [1.165, 1.54) is 6.07 Å². The summed E-state index contributed by atoms with van der Waals surface area (Å²) in [5.41, 5.74) is 0.887. The van der Waals surface area contributed by atoms with E-state index in [2.05, 4.69) is 15.6 Å². The fourth-order valence-corrected chi connectivity index (χ4v) is 3.67. The molecule has 30 heavy (non-hydrogen) atoms. The third kappa shape index (κ3) is 3.74. The van der Waals surface area contributed by atoms with Crippen molar-refractivity contribution in [1.82, 2.24) is 15.6 Å². The van der Waals surface area contributed by atoms with Gasteiger partial charge in [-0.05, 0) is 42.7 Å². The standard InChI is InChI=1S/C21H17F4N3O2/c22-11-8-13-12(2-4-18(29)27-17-5-6-26-21(17)30)19(28-20(13)16(25)9-11)10-1-3-14(23)15(24)7-10/h1,3,7-9,17,28H,2,4-6H2,(H,26,30)(H,27,29)/t17-/m0/s1. The highest BCUT2D eigenvalue weighted by atomic mass is 19.2. The topological polar surface area (TPSA) is 74.0 Å². The molecule has 3 N–H and O–H groups in total. The zero-order valence-corrected chi connectivity index (χ0v) is 15.6. The van der Waals surface area contributed by atoms with Crippen molar-refractivity contribution in [2.45, 2.75) is 25.3 Å². The van der Waals surface area contributed by atoms with Crippen molar-refractivity contribution in [1.29, 1.82) is 0 Å². The third-order valence-corrected chi connectivity index (χ3v) is 5.13. The van der Waals surface area contributed by atoms with Crippen LogP contribution < -0.4 is 10.6 Å². The average molecular weight is 419 g/mol. The minimum Gasteiger partial charge on any atom is -0.354 e. The number of aryl methyl sites for hydroxylation is 1. The molecule has 3 aromatic rings. The van der Waals surface area contributed by atoms with Gasteiger partial charge in [-0.25, -0.2) is 17.6 Å². The number of amides is 2. The maximum atomic E-state index is 14.3. The van der Waals surface area contributed by atoms with Gasteiger partial charge < -0.3 is 15.6 Å². The Morgan fingerprint density at radius 1 is 1.07 bits per heavy atom. The lowest BCUT2D eigenvalue weighted by Gasteiger charge is -2.10. The van der Waals surface area contributed by atoms with Crippen molar-refractivity contribution >= 4 is 22.7 Å². The summed E-state index contributed by atoms with van der Waals surface area (Å²) in [4.78, 5) is 26.7. The Bertz CT molecular complexity index is 1160. The lowest BCUT2D eigenvalue weighted by atomic mass is 10.0. The molecule has 1 atom stereocenters. The van der Waals surface area contributed by atoms with Gasteiger partial charge in [-0.15, -0.1) is 0 Å². The zero-order chi connectivity index (χ0) is 21.4. The van der Waals surface area contributed by atoms with Crippen molar-refractivity contribution in [3.8, 4) is 11.3 Å². The normalized spacial score (nSPS) is 16.1. The van der Waals surface area contributed by atoms with E-state index in [0.717, 1.165) is 18.2 Å². The Hall–Kier alpha value is -3.36. The van der Waals surface area contributed by atoms with E-state index < -0.39 is 35.2 Å². The first kappa shape index (κ1) is 19.9. The van der Waals surface area contributed by atoms with Crippen molar-refractivity contribution in [2.24, 2.45) is 0 Å². The second-order valence-electron chi connectivity index (χ2n) is 7.12. The summed E-state index contributed by atoms with van der Waals surface area (Å²) in [7, 11) is 0. The number of aromatic amines is 1. The van der Waals surface area contributed by atoms with Crippen LogP contribution in [-0.4, -0.2) is 29.4 Å². The van der Waals surface area contributed by atoms with Crippen LogP contribution in [0.3, 0.4) is 0 Å². The number of carbonyl (C=O) groups excluding carboxylic acids is 2. The highest BCUT2D eigenvalue weighted by Gasteiger charge is 2.26. The molecule has 0 spiro atoms. The molecule has 0 saturated carbocycles. The quantitative estimate of drug-likeness (QED) is 0.555. The maximum Gasteiger partial charge on any atom is 0.242 e. The summed E-state index contributed by atoms with van der Waals surface area (Å²) >= 11 is 0. The molecule has 0 radical (unpaired) electrons. The first-order valence-electron chi connectivity index (χ1n) is 9.35. The highest BCUT2D eigenvalue weighted by molar-refractivity contribution is 5.92. The van der Waals surface area contributed by atoms with Crippen LogP contribution in [0.5, 0.6) is 0 Å².